The number of aromatic nitrogens is 2. The van der Waals surface area contributed by atoms with Crippen LogP contribution in [0.5, 0.6) is 0 Å². The SMILES string of the molecule is Cc1ccc(SCC(=O)OCc2cn3ccccc3n2)cc1C. The highest BCUT2D eigenvalue weighted by Gasteiger charge is 2.07. The fourth-order valence-electron chi connectivity index (χ4n) is 2.20. The molecule has 0 radical (unpaired) electrons. The van der Waals surface area contributed by atoms with Crippen molar-refractivity contribution in [2.45, 2.75) is 25.3 Å². The van der Waals surface area contributed by atoms with Gasteiger partial charge in [-0.25, -0.2) is 4.98 Å². The Kier molecular flexibility index (Phi) is 4.67. The zero-order valence-corrected chi connectivity index (χ0v) is 14.0. The fraction of sp³-hybridized carbons (Fsp3) is 0.222. The average Bonchev–Trinajstić information content (AvgIpc) is 2.97. The lowest BCUT2D eigenvalue weighted by Gasteiger charge is -2.05. The summed E-state index contributed by atoms with van der Waals surface area (Å²) < 4.78 is 7.21. The maximum Gasteiger partial charge on any atom is 0.316 e. The number of imidazole rings is 1. The van der Waals surface area contributed by atoms with Crippen LogP contribution in [0.25, 0.3) is 5.65 Å². The highest BCUT2D eigenvalue weighted by atomic mass is 32.2. The van der Waals surface area contributed by atoms with Gasteiger partial charge in [0.15, 0.2) is 0 Å². The maximum absolute atomic E-state index is 11.9. The number of thioether (sulfide) groups is 1. The molecule has 0 fully saturated rings. The van der Waals surface area contributed by atoms with Gasteiger partial charge in [-0.3, -0.25) is 4.79 Å². The molecule has 0 aliphatic carbocycles. The minimum atomic E-state index is -0.231. The van der Waals surface area contributed by atoms with Gasteiger partial charge < -0.3 is 9.14 Å². The molecule has 118 valence electrons. The van der Waals surface area contributed by atoms with Crippen LogP contribution < -0.4 is 0 Å². The molecule has 0 saturated heterocycles. The van der Waals surface area contributed by atoms with E-state index in [2.05, 4.69) is 31.0 Å². The van der Waals surface area contributed by atoms with E-state index in [1.54, 1.807) is 0 Å². The second-order valence-electron chi connectivity index (χ2n) is 5.39. The zero-order valence-electron chi connectivity index (χ0n) is 13.2. The molecule has 3 aromatic rings. The lowest BCUT2D eigenvalue weighted by molar-refractivity contribution is -0.141. The maximum atomic E-state index is 11.9. The Morgan fingerprint density at radius 3 is 2.87 bits per heavy atom. The minimum absolute atomic E-state index is 0.202. The minimum Gasteiger partial charge on any atom is -0.458 e. The molecule has 23 heavy (non-hydrogen) atoms. The first-order valence-electron chi connectivity index (χ1n) is 7.40. The van der Waals surface area contributed by atoms with E-state index in [0.717, 1.165) is 16.2 Å². The second-order valence-corrected chi connectivity index (χ2v) is 6.44. The van der Waals surface area contributed by atoms with Crippen molar-refractivity contribution in [1.82, 2.24) is 9.38 Å². The molecular weight excluding hydrogens is 308 g/mol. The van der Waals surface area contributed by atoms with E-state index in [9.17, 15) is 4.79 Å². The molecule has 0 N–H and O–H groups in total. The Bertz CT molecular complexity index is 809. The van der Waals surface area contributed by atoms with Crippen molar-refractivity contribution >= 4 is 23.4 Å². The van der Waals surface area contributed by atoms with Crippen molar-refractivity contribution in [3.8, 4) is 0 Å². The van der Waals surface area contributed by atoms with Crippen LogP contribution in [-0.2, 0) is 16.1 Å². The highest BCUT2D eigenvalue weighted by Crippen LogP contribution is 2.21. The van der Waals surface area contributed by atoms with Crippen molar-refractivity contribution < 1.29 is 9.53 Å². The van der Waals surface area contributed by atoms with E-state index in [1.165, 1.54) is 22.9 Å². The smallest absolute Gasteiger partial charge is 0.316 e. The summed E-state index contributed by atoms with van der Waals surface area (Å²) in [6.45, 7) is 4.35. The molecule has 0 aliphatic heterocycles. The lowest BCUT2D eigenvalue weighted by Crippen LogP contribution is -2.07. The topological polar surface area (TPSA) is 43.6 Å². The summed E-state index contributed by atoms with van der Waals surface area (Å²) in [6, 6.07) is 12.0. The molecule has 1 aromatic carbocycles. The second kappa shape index (κ2) is 6.87. The molecule has 0 saturated carbocycles. The van der Waals surface area contributed by atoms with Crippen molar-refractivity contribution in [3.05, 3.63) is 65.6 Å². The monoisotopic (exact) mass is 326 g/mol. The highest BCUT2D eigenvalue weighted by molar-refractivity contribution is 8.00. The predicted octanol–water partition coefficient (Wildman–Crippen LogP) is 3.79. The molecule has 0 bridgehead atoms. The normalized spacial score (nSPS) is 10.9. The molecule has 0 unspecified atom stereocenters. The average molecular weight is 326 g/mol. The third-order valence-corrected chi connectivity index (χ3v) is 4.60. The number of carbonyl (C=O) groups excluding carboxylic acids is 1. The number of nitrogens with zero attached hydrogens (tertiary/aromatic N) is 2. The van der Waals surface area contributed by atoms with E-state index in [4.69, 9.17) is 4.74 Å². The predicted molar refractivity (Wildman–Crippen MR) is 91.6 cm³/mol. The van der Waals surface area contributed by atoms with Crippen molar-refractivity contribution in [1.29, 1.82) is 0 Å². The third-order valence-electron chi connectivity index (χ3n) is 3.63. The summed E-state index contributed by atoms with van der Waals surface area (Å²) in [5.74, 6) is 0.0702. The van der Waals surface area contributed by atoms with Crippen LogP contribution in [-0.4, -0.2) is 21.1 Å². The van der Waals surface area contributed by atoms with E-state index < -0.39 is 0 Å². The summed E-state index contributed by atoms with van der Waals surface area (Å²) >= 11 is 1.49. The summed E-state index contributed by atoms with van der Waals surface area (Å²) in [5, 5.41) is 0. The summed E-state index contributed by atoms with van der Waals surface area (Å²) in [7, 11) is 0. The molecule has 4 nitrogen and oxygen atoms in total. The van der Waals surface area contributed by atoms with Gasteiger partial charge in [0, 0.05) is 17.3 Å². The number of carbonyl (C=O) groups is 1. The van der Waals surface area contributed by atoms with Gasteiger partial charge in [-0.1, -0.05) is 12.1 Å². The number of ether oxygens (including phenoxy) is 1. The number of aryl methyl sites for hydroxylation is 2. The molecule has 2 aromatic heterocycles. The summed E-state index contributed by atoms with van der Waals surface area (Å²) in [4.78, 5) is 17.4. The first kappa shape index (κ1) is 15.6. The molecule has 0 atom stereocenters. The van der Waals surface area contributed by atoms with Crippen LogP contribution in [0.2, 0.25) is 0 Å². The zero-order chi connectivity index (χ0) is 16.2. The van der Waals surface area contributed by atoms with Crippen molar-refractivity contribution in [3.63, 3.8) is 0 Å². The van der Waals surface area contributed by atoms with Crippen LogP contribution in [0.4, 0.5) is 0 Å². The largest absolute Gasteiger partial charge is 0.458 e. The Labute approximate surface area is 139 Å². The van der Waals surface area contributed by atoms with E-state index in [0.29, 0.717) is 5.75 Å². The van der Waals surface area contributed by atoms with Gasteiger partial charge in [0.1, 0.15) is 12.3 Å². The molecule has 0 spiro atoms. The summed E-state index contributed by atoms with van der Waals surface area (Å²) in [5.41, 5.74) is 4.08. The van der Waals surface area contributed by atoms with Crippen LogP contribution in [0, 0.1) is 13.8 Å². The number of pyridine rings is 1. The van der Waals surface area contributed by atoms with E-state index in [-0.39, 0.29) is 12.6 Å². The Balaban J connectivity index is 1.52. The van der Waals surface area contributed by atoms with Gasteiger partial charge in [0.25, 0.3) is 0 Å². The molecule has 0 aliphatic rings. The lowest BCUT2D eigenvalue weighted by atomic mass is 10.1. The standard InChI is InChI=1S/C18H18N2O2S/c1-13-6-7-16(9-14(13)2)23-12-18(21)22-11-15-10-20-8-4-3-5-17(20)19-15/h3-10H,11-12H2,1-2H3. The third kappa shape index (κ3) is 3.93. The summed E-state index contributed by atoms with van der Waals surface area (Å²) in [6.07, 6.45) is 3.79. The van der Waals surface area contributed by atoms with Gasteiger partial charge in [0.2, 0.25) is 0 Å². The number of fused-ring (bicyclic) bond motifs is 1. The molecular formula is C18H18N2O2S. The van der Waals surface area contributed by atoms with Gasteiger partial charge >= 0.3 is 5.97 Å². The van der Waals surface area contributed by atoms with Crippen molar-refractivity contribution in [2.24, 2.45) is 0 Å². The number of hydrogen-bond acceptors (Lipinski definition) is 4. The number of esters is 1. The van der Waals surface area contributed by atoms with Crippen LogP contribution in [0.15, 0.2) is 53.7 Å². The van der Waals surface area contributed by atoms with Crippen LogP contribution >= 0.6 is 11.8 Å². The quantitative estimate of drug-likeness (QED) is 0.528. The van der Waals surface area contributed by atoms with E-state index >= 15 is 0 Å². The first-order valence-corrected chi connectivity index (χ1v) is 8.39. The molecule has 2 heterocycles. The Hall–Kier alpha value is -2.27. The van der Waals surface area contributed by atoms with Crippen LogP contribution in [0.1, 0.15) is 16.8 Å². The van der Waals surface area contributed by atoms with Crippen molar-refractivity contribution in [2.75, 3.05) is 5.75 Å². The Morgan fingerprint density at radius 1 is 1.22 bits per heavy atom. The number of hydrogen-bond donors (Lipinski definition) is 0. The van der Waals surface area contributed by atoms with Crippen LogP contribution in [0.3, 0.4) is 0 Å². The van der Waals surface area contributed by atoms with Gasteiger partial charge in [-0.15, -0.1) is 11.8 Å². The molecule has 5 heteroatoms. The fourth-order valence-corrected chi connectivity index (χ4v) is 2.99. The number of benzene rings is 1. The molecule has 3 rings (SSSR count). The first-order chi connectivity index (χ1) is 11.1. The van der Waals surface area contributed by atoms with Gasteiger partial charge in [-0.05, 0) is 49.2 Å². The number of rotatable bonds is 5. The van der Waals surface area contributed by atoms with Gasteiger partial charge in [0.05, 0.1) is 11.4 Å². The Morgan fingerprint density at radius 2 is 2.09 bits per heavy atom. The van der Waals surface area contributed by atoms with E-state index in [1.807, 2.05) is 41.1 Å². The molecule has 0 amide bonds. The van der Waals surface area contributed by atoms with Gasteiger partial charge in [-0.2, -0.15) is 0 Å².